The number of hydrogen-bond acceptors (Lipinski definition) is 10. The van der Waals surface area contributed by atoms with E-state index in [0.717, 1.165) is 11.8 Å². The van der Waals surface area contributed by atoms with Gasteiger partial charge >= 0.3 is 7.82 Å². The van der Waals surface area contributed by atoms with Crippen LogP contribution >= 0.6 is 24.7 Å². The molecular formula is C13H23FN5O7P3. The number of halogens is 1. The summed E-state index contributed by atoms with van der Waals surface area (Å²) >= 11 is 0. The summed E-state index contributed by atoms with van der Waals surface area (Å²) in [5, 5.41) is 32.0. The second kappa shape index (κ2) is 10.4. The van der Waals surface area contributed by atoms with Crippen molar-refractivity contribution >= 4 is 30.5 Å². The van der Waals surface area contributed by atoms with Crippen LogP contribution in [-0.4, -0.2) is 69.4 Å². The molecule has 1 aliphatic heterocycles. The first-order valence-electron chi connectivity index (χ1n) is 8.17. The maximum Gasteiger partial charge on any atom is 0.474 e. The molecule has 16 heteroatoms. The van der Waals surface area contributed by atoms with E-state index in [1.165, 1.54) is 12.4 Å². The molecule has 12 nitrogen and oxygen atoms in total. The topological polar surface area (TPSA) is 175 Å². The van der Waals surface area contributed by atoms with Crippen molar-refractivity contribution in [3.8, 4) is 0 Å². The number of aromatic nitrogens is 3. The molecule has 5 N–H and O–H groups in total. The maximum atomic E-state index is 13.1. The van der Waals surface area contributed by atoms with Crippen LogP contribution in [-0.2, 0) is 22.9 Å². The molecule has 0 spiro atoms. The average molecular weight is 473 g/mol. The number of phosphoric acid groups is 1. The minimum Gasteiger partial charge on any atom is -0.387 e. The minimum atomic E-state index is -4.00. The fourth-order valence-corrected chi connectivity index (χ4v) is 3.69. The summed E-state index contributed by atoms with van der Waals surface area (Å²) < 4.78 is 47.2. The summed E-state index contributed by atoms with van der Waals surface area (Å²) in [6.45, 7) is 0.920. The maximum absolute atomic E-state index is 13.1. The number of aliphatic hydroxyl groups is 2. The van der Waals surface area contributed by atoms with E-state index >= 15 is 0 Å². The molecule has 7 atom stereocenters. The quantitative estimate of drug-likeness (QED) is 0.218. The van der Waals surface area contributed by atoms with Gasteiger partial charge in [0.1, 0.15) is 32.6 Å². The van der Waals surface area contributed by atoms with Crippen molar-refractivity contribution in [3.05, 3.63) is 23.5 Å². The Labute approximate surface area is 169 Å². The van der Waals surface area contributed by atoms with E-state index in [2.05, 4.69) is 10.1 Å². The van der Waals surface area contributed by atoms with Gasteiger partial charge in [0.2, 0.25) is 5.82 Å². The molecule has 0 saturated carbocycles. The fourth-order valence-electron chi connectivity index (χ4n) is 2.25. The first-order valence-corrected chi connectivity index (χ1v) is 12.5. The monoisotopic (exact) mass is 473 g/mol. The molecule has 0 radical (unpaired) electrons. The van der Waals surface area contributed by atoms with Crippen molar-refractivity contribution < 1.29 is 37.3 Å². The number of nitrogen functional groups attached to an aromatic ring is 1. The summed E-state index contributed by atoms with van der Waals surface area (Å²) in [4.78, 5) is 3.79. The number of ether oxygens (including phenoxy) is 1. The van der Waals surface area contributed by atoms with E-state index in [-0.39, 0.29) is 18.3 Å². The highest BCUT2D eigenvalue weighted by molar-refractivity contribution is 8.12. The minimum absolute atomic E-state index is 0.0713. The molecule has 1 saturated heterocycles. The number of hydrogen-bond donors (Lipinski definition) is 4. The SMILES string of the molecule is COP(=O)(OCC=C(C)P(F)P)OCC1OC(n2cnc(C(=N)N)n2)C(O)C1O. The number of rotatable bonds is 10. The molecule has 2 heterocycles. The summed E-state index contributed by atoms with van der Waals surface area (Å²) in [5.74, 6) is -0.445. The molecule has 0 aliphatic carbocycles. The molecule has 1 fully saturated rings. The highest BCUT2D eigenvalue weighted by Crippen LogP contribution is 2.54. The van der Waals surface area contributed by atoms with Crippen LogP contribution in [0.3, 0.4) is 0 Å². The van der Waals surface area contributed by atoms with Crippen molar-refractivity contribution in [2.75, 3.05) is 20.3 Å². The van der Waals surface area contributed by atoms with E-state index in [0.29, 0.717) is 5.31 Å². The van der Waals surface area contributed by atoms with E-state index < -0.39 is 46.9 Å². The van der Waals surface area contributed by atoms with Gasteiger partial charge in [-0.15, -0.1) is 5.10 Å². The van der Waals surface area contributed by atoms with Crippen LogP contribution in [0.2, 0.25) is 0 Å². The van der Waals surface area contributed by atoms with Crippen LogP contribution in [0.4, 0.5) is 4.20 Å². The van der Waals surface area contributed by atoms with Gasteiger partial charge in [-0.25, -0.2) is 18.4 Å². The van der Waals surface area contributed by atoms with Gasteiger partial charge < -0.3 is 20.7 Å². The lowest BCUT2D eigenvalue weighted by Gasteiger charge is -2.19. The second-order valence-corrected chi connectivity index (χ2v) is 10.4. The van der Waals surface area contributed by atoms with Crippen LogP contribution < -0.4 is 5.73 Å². The standard InChI is InChI=1S/C13H23FN5O7P3/c1-7(28(14)27)3-4-24-29(22,23-2)25-5-8-9(20)10(21)13(26-8)19-6-17-12(18-19)11(15)16/h3,6,8-10,13,20-21H,4-5,27H2,1-2H3,(H3,15,16). The lowest BCUT2D eigenvalue weighted by atomic mass is 10.1. The number of nitrogens with one attached hydrogen (secondary N) is 1. The zero-order chi connectivity index (χ0) is 21.8. The van der Waals surface area contributed by atoms with Crippen molar-refractivity contribution in [1.82, 2.24) is 14.8 Å². The number of nitrogens with zero attached hydrogens (tertiary/aromatic N) is 3. The molecule has 1 aromatic heterocycles. The lowest BCUT2D eigenvalue weighted by molar-refractivity contribution is -0.0592. The first-order chi connectivity index (χ1) is 13.6. The molecule has 2 rings (SSSR count). The molecule has 1 aromatic rings. The summed E-state index contributed by atoms with van der Waals surface area (Å²) in [6, 6.07) is 0. The fraction of sp³-hybridized carbons (Fsp3) is 0.615. The Morgan fingerprint density at radius 1 is 1.55 bits per heavy atom. The normalized spacial score (nSPS) is 28.3. The Bertz CT molecular complexity index is 795. The van der Waals surface area contributed by atoms with E-state index in [4.69, 9.17) is 29.5 Å². The van der Waals surface area contributed by atoms with Gasteiger partial charge in [0.05, 0.1) is 13.2 Å². The molecule has 0 bridgehead atoms. The van der Waals surface area contributed by atoms with Gasteiger partial charge in [0.15, 0.2) is 12.1 Å². The van der Waals surface area contributed by atoms with E-state index in [9.17, 15) is 19.0 Å². The van der Waals surface area contributed by atoms with E-state index in [1.807, 2.05) is 8.93 Å². The Kier molecular flexibility index (Phi) is 8.78. The molecule has 1 aliphatic rings. The Balaban J connectivity index is 1.97. The molecule has 0 amide bonds. The third-order valence-electron chi connectivity index (χ3n) is 3.92. The van der Waals surface area contributed by atoms with Crippen molar-refractivity contribution in [2.45, 2.75) is 31.5 Å². The van der Waals surface area contributed by atoms with Crippen LogP contribution in [0.5, 0.6) is 0 Å². The predicted octanol–water partition coefficient (Wildman–Crippen LogP) is 1.03. The van der Waals surface area contributed by atoms with Crippen molar-refractivity contribution in [2.24, 2.45) is 5.73 Å². The predicted molar refractivity (Wildman–Crippen MR) is 105 cm³/mol. The molecule has 29 heavy (non-hydrogen) atoms. The third kappa shape index (κ3) is 6.30. The van der Waals surface area contributed by atoms with Gasteiger partial charge in [-0.05, 0) is 12.2 Å². The largest absolute Gasteiger partial charge is 0.474 e. The van der Waals surface area contributed by atoms with Crippen LogP contribution in [0, 0.1) is 5.41 Å². The zero-order valence-electron chi connectivity index (χ0n) is 15.6. The average Bonchev–Trinajstić information content (AvgIpc) is 3.26. The number of amidine groups is 1. The third-order valence-corrected chi connectivity index (χ3v) is 7.37. The van der Waals surface area contributed by atoms with Gasteiger partial charge in [-0.2, -0.15) is 0 Å². The highest BCUT2D eigenvalue weighted by Gasteiger charge is 2.45. The van der Waals surface area contributed by atoms with Crippen LogP contribution in [0.15, 0.2) is 17.7 Å². The molecule has 164 valence electrons. The van der Waals surface area contributed by atoms with E-state index in [1.54, 1.807) is 6.92 Å². The van der Waals surface area contributed by atoms with Gasteiger partial charge in [0.25, 0.3) is 0 Å². The zero-order valence-corrected chi connectivity index (χ0v) is 18.5. The van der Waals surface area contributed by atoms with Gasteiger partial charge in [-0.3, -0.25) is 19.0 Å². The summed E-state index contributed by atoms with van der Waals surface area (Å²) in [6.07, 6.45) is -2.42. The molecule has 0 aromatic carbocycles. The van der Waals surface area contributed by atoms with Crippen molar-refractivity contribution in [1.29, 1.82) is 5.41 Å². The smallest absolute Gasteiger partial charge is 0.387 e. The highest BCUT2D eigenvalue weighted by atomic mass is 32.0. The van der Waals surface area contributed by atoms with Gasteiger partial charge in [0, 0.05) is 7.11 Å². The van der Waals surface area contributed by atoms with Crippen LogP contribution in [0.1, 0.15) is 19.0 Å². The number of phosphoric ester groups is 1. The molecule has 7 unspecified atom stereocenters. The Hall–Kier alpha value is -0.870. The van der Waals surface area contributed by atoms with Crippen LogP contribution in [0.25, 0.3) is 0 Å². The lowest BCUT2D eigenvalue weighted by Crippen LogP contribution is -2.33. The first kappa shape index (κ1) is 24.4. The van der Waals surface area contributed by atoms with Gasteiger partial charge in [-0.1, -0.05) is 15.0 Å². The number of allylic oxidation sites excluding steroid dienone is 1. The summed E-state index contributed by atoms with van der Waals surface area (Å²) in [5.41, 5.74) is 5.29. The number of nitrogens with two attached hydrogens (primary N) is 1. The second-order valence-electron chi connectivity index (χ2n) is 5.89. The molecular weight excluding hydrogens is 450 g/mol. The Morgan fingerprint density at radius 3 is 2.79 bits per heavy atom. The van der Waals surface area contributed by atoms with Crippen molar-refractivity contribution in [3.63, 3.8) is 0 Å². The Morgan fingerprint density at radius 2 is 2.24 bits per heavy atom. The summed E-state index contributed by atoms with van der Waals surface area (Å²) in [7, 11) is -2.72. The number of aliphatic hydroxyl groups excluding tert-OH is 2.